The molecule has 2 atom stereocenters. The summed E-state index contributed by atoms with van der Waals surface area (Å²) in [6.07, 6.45) is 0.452. The van der Waals surface area contributed by atoms with Crippen molar-refractivity contribution in [2.24, 2.45) is 11.8 Å². The first kappa shape index (κ1) is 8.98. The molecule has 0 bridgehead atoms. The van der Waals surface area contributed by atoms with Gasteiger partial charge in [-0.25, -0.2) is 4.39 Å². The highest BCUT2D eigenvalue weighted by Crippen LogP contribution is 2.24. The van der Waals surface area contributed by atoms with Crippen LogP contribution in [0, 0.1) is 11.8 Å². The van der Waals surface area contributed by atoms with E-state index in [2.05, 4.69) is 18.7 Å². The summed E-state index contributed by atoms with van der Waals surface area (Å²) in [5.41, 5.74) is 0. The molecule has 0 N–H and O–H groups in total. The third kappa shape index (κ3) is 2.44. The maximum Gasteiger partial charge on any atom is 0.117 e. The van der Waals surface area contributed by atoms with Gasteiger partial charge in [0.2, 0.25) is 0 Å². The number of likely N-dealkylation sites (tertiary alicyclic amines) is 1. The Labute approximate surface area is 68.6 Å². The number of hydrogen-bond acceptors (Lipinski definition) is 1. The second-order valence-electron chi connectivity index (χ2n) is 4.13. The van der Waals surface area contributed by atoms with Gasteiger partial charge in [0, 0.05) is 19.0 Å². The van der Waals surface area contributed by atoms with Crippen LogP contribution in [0.4, 0.5) is 4.39 Å². The van der Waals surface area contributed by atoms with E-state index in [1.807, 2.05) is 7.05 Å². The van der Waals surface area contributed by atoms with Crippen molar-refractivity contribution < 1.29 is 4.39 Å². The van der Waals surface area contributed by atoms with E-state index in [0.29, 0.717) is 18.4 Å². The number of rotatable bonds is 2. The second-order valence-corrected chi connectivity index (χ2v) is 4.13. The van der Waals surface area contributed by atoms with Crippen molar-refractivity contribution in [1.82, 2.24) is 4.90 Å². The molecule has 2 heteroatoms. The quantitative estimate of drug-likeness (QED) is 0.595. The summed E-state index contributed by atoms with van der Waals surface area (Å²) in [7, 11) is 1.99. The van der Waals surface area contributed by atoms with E-state index in [4.69, 9.17) is 0 Å². The van der Waals surface area contributed by atoms with Gasteiger partial charge in [-0.1, -0.05) is 13.8 Å². The van der Waals surface area contributed by atoms with Gasteiger partial charge in [-0.3, -0.25) is 0 Å². The van der Waals surface area contributed by atoms with Crippen LogP contribution in [-0.2, 0) is 0 Å². The second kappa shape index (κ2) is 3.53. The molecule has 1 saturated heterocycles. The molecule has 66 valence electrons. The Hall–Kier alpha value is -0.110. The molecule has 1 unspecified atom stereocenters. The summed E-state index contributed by atoms with van der Waals surface area (Å²) < 4.78 is 13.2. The van der Waals surface area contributed by atoms with E-state index in [-0.39, 0.29) is 0 Å². The van der Waals surface area contributed by atoms with E-state index >= 15 is 0 Å². The summed E-state index contributed by atoms with van der Waals surface area (Å²) >= 11 is 0. The first-order valence-corrected chi connectivity index (χ1v) is 4.42. The Balaban J connectivity index is 2.34. The largest absolute Gasteiger partial charge is 0.303 e. The minimum absolute atomic E-state index is 0.292. The molecule has 1 rings (SSSR count). The van der Waals surface area contributed by atoms with E-state index in [9.17, 15) is 4.39 Å². The zero-order chi connectivity index (χ0) is 8.43. The Morgan fingerprint density at radius 1 is 1.45 bits per heavy atom. The van der Waals surface area contributed by atoms with Crippen molar-refractivity contribution in [2.75, 3.05) is 20.1 Å². The van der Waals surface area contributed by atoms with Crippen LogP contribution in [0.15, 0.2) is 0 Å². The van der Waals surface area contributed by atoms with Gasteiger partial charge < -0.3 is 4.90 Å². The minimum Gasteiger partial charge on any atom is -0.303 e. The lowest BCUT2D eigenvalue weighted by Gasteiger charge is -2.13. The summed E-state index contributed by atoms with van der Waals surface area (Å²) in [6, 6.07) is 0. The van der Waals surface area contributed by atoms with Crippen LogP contribution in [0.3, 0.4) is 0 Å². The van der Waals surface area contributed by atoms with Gasteiger partial charge >= 0.3 is 0 Å². The predicted molar refractivity (Wildman–Crippen MR) is 45.3 cm³/mol. The van der Waals surface area contributed by atoms with Crippen LogP contribution in [-0.4, -0.2) is 31.2 Å². The van der Waals surface area contributed by atoms with Crippen LogP contribution in [0.1, 0.15) is 20.3 Å². The van der Waals surface area contributed by atoms with Crippen LogP contribution in [0.5, 0.6) is 0 Å². The van der Waals surface area contributed by atoms with Gasteiger partial charge in [-0.05, 0) is 19.4 Å². The molecule has 0 aromatic rings. The Kier molecular flexibility index (Phi) is 2.88. The van der Waals surface area contributed by atoms with Crippen molar-refractivity contribution >= 4 is 0 Å². The van der Waals surface area contributed by atoms with Gasteiger partial charge in [-0.2, -0.15) is 0 Å². The fourth-order valence-corrected chi connectivity index (χ4v) is 1.86. The highest BCUT2D eigenvalue weighted by atomic mass is 19.1. The molecular formula is C9H18FN. The molecule has 0 saturated carbocycles. The van der Waals surface area contributed by atoms with Crippen LogP contribution < -0.4 is 0 Å². The van der Waals surface area contributed by atoms with Gasteiger partial charge in [-0.15, -0.1) is 0 Å². The van der Waals surface area contributed by atoms with Gasteiger partial charge in [0.25, 0.3) is 0 Å². The van der Waals surface area contributed by atoms with Crippen molar-refractivity contribution in [3.05, 3.63) is 0 Å². The molecule has 1 heterocycles. The van der Waals surface area contributed by atoms with Crippen LogP contribution in [0.25, 0.3) is 0 Å². The Morgan fingerprint density at radius 2 is 2.09 bits per heavy atom. The first-order chi connectivity index (χ1) is 5.09. The smallest absolute Gasteiger partial charge is 0.117 e. The fourth-order valence-electron chi connectivity index (χ4n) is 1.86. The molecule has 1 aliphatic heterocycles. The Morgan fingerprint density at radius 3 is 2.45 bits per heavy atom. The normalized spacial score (nSPS) is 33.5. The first-order valence-electron chi connectivity index (χ1n) is 4.42. The molecule has 0 spiro atoms. The van der Waals surface area contributed by atoms with Crippen LogP contribution in [0.2, 0.25) is 0 Å². The van der Waals surface area contributed by atoms with Gasteiger partial charge in [0.05, 0.1) is 0 Å². The van der Waals surface area contributed by atoms with E-state index in [1.54, 1.807) is 0 Å². The lowest BCUT2D eigenvalue weighted by molar-refractivity contribution is 0.253. The zero-order valence-corrected chi connectivity index (χ0v) is 7.68. The third-order valence-electron chi connectivity index (χ3n) is 2.32. The molecule has 11 heavy (non-hydrogen) atoms. The lowest BCUT2D eigenvalue weighted by atomic mass is 9.95. The highest BCUT2D eigenvalue weighted by Gasteiger charge is 2.30. The number of hydrogen-bond donors (Lipinski definition) is 0. The molecule has 1 aliphatic rings. The zero-order valence-electron chi connectivity index (χ0n) is 7.68. The van der Waals surface area contributed by atoms with Crippen molar-refractivity contribution in [3.63, 3.8) is 0 Å². The standard InChI is InChI=1S/C9H18FN/c1-7(2)4-8-5-11(3)6-9(8)10/h7-9H,4-6H2,1-3H3/t8-,9?/m1/s1. The average molecular weight is 159 g/mol. The van der Waals surface area contributed by atoms with E-state index < -0.39 is 6.17 Å². The number of nitrogens with zero attached hydrogens (tertiary/aromatic N) is 1. The summed E-state index contributed by atoms with van der Waals surface area (Å²) in [4.78, 5) is 2.08. The molecular weight excluding hydrogens is 141 g/mol. The number of halogens is 1. The maximum absolute atomic E-state index is 13.2. The molecule has 0 amide bonds. The third-order valence-corrected chi connectivity index (χ3v) is 2.32. The monoisotopic (exact) mass is 159 g/mol. The van der Waals surface area contributed by atoms with Gasteiger partial charge in [0.15, 0.2) is 0 Å². The topological polar surface area (TPSA) is 3.24 Å². The SMILES string of the molecule is CC(C)C[C@@H]1CN(C)CC1F. The summed E-state index contributed by atoms with van der Waals surface area (Å²) in [6.45, 7) is 5.90. The minimum atomic E-state index is -0.581. The maximum atomic E-state index is 13.2. The Bertz CT molecular complexity index is 125. The molecule has 1 nitrogen and oxygen atoms in total. The van der Waals surface area contributed by atoms with E-state index in [1.165, 1.54) is 0 Å². The van der Waals surface area contributed by atoms with Crippen molar-refractivity contribution in [3.8, 4) is 0 Å². The highest BCUT2D eigenvalue weighted by molar-refractivity contribution is 4.82. The average Bonchev–Trinajstić information content (AvgIpc) is 2.09. The fraction of sp³-hybridized carbons (Fsp3) is 1.00. The number of alkyl halides is 1. The van der Waals surface area contributed by atoms with Crippen LogP contribution >= 0.6 is 0 Å². The molecule has 0 aliphatic carbocycles. The van der Waals surface area contributed by atoms with Gasteiger partial charge in [0.1, 0.15) is 6.17 Å². The molecule has 0 radical (unpaired) electrons. The van der Waals surface area contributed by atoms with E-state index in [0.717, 1.165) is 13.0 Å². The molecule has 0 aromatic carbocycles. The predicted octanol–water partition coefficient (Wildman–Crippen LogP) is 1.93. The van der Waals surface area contributed by atoms with Crippen molar-refractivity contribution in [1.29, 1.82) is 0 Å². The molecule has 0 aromatic heterocycles. The summed E-state index contributed by atoms with van der Waals surface area (Å²) in [5.74, 6) is 0.921. The van der Waals surface area contributed by atoms with Crippen molar-refractivity contribution in [2.45, 2.75) is 26.4 Å². The lowest BCUT2D eigenvalue weighted by Crippen LogP contribution is -2.15. The molecule has 1 fully saturated rings. The summed E-state index contributed by atoms with van der Waals surface area (Å²) in [5, 5.41) is 0.